The summed E-state index contributed by atoms with van der Waals surface area (Å²) >= 11 is 0. The van der Waals surface area contributed by atoms with Gasteiger partial charge in [-0.15, -0.1) is 0 Å². The molecule has 1 aliphatic heterocycles. The molecular weight excluding hydrogens is 378 g/mol. The van der Waals surface area contributed by atoms with Gasteiger partial charge < -0.3 is 14.2 Å². The quantitative estimate of drug-likeness (QED) is 0.524. The van der Waals surface area contributed by atoms with Gasteiger partial charge in [-0.3, -0.25) is 9.20 Å². The molecule has 7 nitrogen and oxygen atoms in total. The van der Waals surface area contributed by atoms with Crippen LogP contribution in [0.5, 0.6) is 0 Å². The zero-order chi connectivity index (χ0) is 20.5. The van der Waals surface area contributed by atoms with Crippen molar-refractivity contribution < 1.29 is 9.21 Å². The lowest BCUT2D eigenvalue weighted by Gasteiger charge is -2.35. The highest BCUT2D eigenvalue weighted by Crippen LogP contribution is 2.26. The van der Waals surface area contributed by atoms with Gasteiger partial charge in [-0.2, -0.15) is 0 Å². The van der Waals surface area contributed by atoms with Crippen LogP contribution < -0.4 is 4.90 Å². The lowest BCUT2D eigenvalue weighted by molar-refractivity contribution is 0.0714. The molecule has 1 aliphatic rings. The monoisotopic (exact) mass is 401 g/mol. The lowest BCUT2D eigenvalue weighted by Crippen LogP contribution is -2.49. The van der Waals surface area contributed by atoms with Gasteiger partial charge in [0.2, 0.25) is 0 Å². The molecule has 3 aromatic heterocycles. The van der Waals surface area contributed by atoms with Crippen molar-refractivity contribution in [1.29, 1.82) is 0 Å². The topological polar surface area (TPSA) is 66.9 Å². The van der Waals surface area contributed by atoms with E-state index in [0.29, 0.717) is 31.9 Å². The number of aryl methyl sites for hydroxylation is 1. The van der Waals surface area contributed by atoms with Crippen LogP contribution in [0.4, 0.5) is 5.82 Å². The Morgan fingerprint density at radius 1 is 1.07 bits per heavy atom. The van der Waals surface area contributed by atoms with Gasteiger partial charge in [-0.1, -0.05) is 31.2 Å². The second-order valence-electron chi connectivity index (χ2n) is 7.39. The van der Waals surface area contributed by atoms with Gasteiger partial charge in [-0.25, -0.2) is 9.97 Å². The van der Waals surface area contributed by atoms with Crippen LogP contribution in [0.3, 0.4) is 0 Å². The minimum absolute atomic E-state index is 0.0653. The molecule has 0 saturated carbocycles. The first-order valence-corrected chi connectivity index (χ1v) is 10.2. The molecule has 0 aliphatic carbocycles. The van der Waals surface area contributed by atoms with Crippen LogP contribution in [0.25, 0.3) is 16.9 Å². The van der Waals surface area contributed by atoms with Gasteiger partial charge in [0.05, 0.1) is 18.2 Å². The fourth-order valence-corrected chi connectivity index (χ4v) is 3.93. The molecule has 4 heterocycles. The largest absolute Gasteiger partial charge is 0.459 e. The van der Waals surface area contributed by atoms with E-state index in [1.54, 1.807) is 18.3 Å². The van der Waals surface area contributed by atoms with E-state index in [1.165, 1.54) is 11.8 Å². The van der Waals surface area contributed by atoms with Crippen LogP contribution in [0.1, 0.15) is 23.0 Å². The number of benzene rings is 1. The van der Waals surface area contributed by atoms with Crippen molar-refractivity contribution in [3.63, 3.8) is 0 Å². The molecule has 0 bridgehead atoms. The summed E-state index contributed by atoms with van der Waals surface area (Å²) in [7, 11) is 0. The first-order chi connectivity index (χ1) is 14.7. The van der Waals surface area contributed by atoms with Gasteiger partial charge in [0.1, 0.15) is 0 Å². The molecule has 152 valence electrons. The highest BCUT2D eigenvalue weighted by atomic mass is 16.3. The number of anilines is 1. The molecule has 1 amide bonds. The standard InChI is InChI=1S/C23H23N5O2/c1-2-17-5-7-18(8-6-17)19-16-25-21(22-24-9-10-28(19)22)26-11-13-27(14-12-26)23(29)20-4-3-15-30-20/h3-10,15-16H,2,11-14H2,1H3. The third kappa shape index (κ3) is 3.22. The number of nitrogens with zero attached hydrogens (tertiary/aromatic N) is 5. The minimum Gasteiger partial charge on any atom is -0.459 e. The van der Waals surface area contributed by atoms with Gasteiger partial charge >= 0.3 is 0 Å². The number of hydrogen-bond donors (Lipinski definition) is 0. The fourth-order valence-electron chi connectivity index (χ4n) is 3.93. The Morgan fingerprint density at radius 2 is 1.87 bits per heavy atom. The van der Waals surface area contributed by atoms with Crippen LogP contribution in [0.15, 0.2) is 65.7 Å². The number of furan rings is 1. The van der Waals surface area contributed by atoms with E-state index < -0.39 is 0 Å². The molecule has 30 heavy (non-hydrogen) atoms. The summed E-state index contributed by atoms with van der Waals surface area (Å²) in [6.45, 7) is 4.79. The molecule has 1 fully saturated rings. The highest BCUT2D eigenvalue weighted by molar-refractivity contribution is 5.91. The minimum atomic E-state index is -0.0653. The van der Waals surface area contributed by atoms with E-state index >= 15 is 0 Å². The SMILES string of the molecule is CCc1ccc(-c2cnc(N3CCN(C(=O)c4ccco4)CC3)c3nccn23)cc1. The molecule has 0 radical (unpaired) electrons. The Morgan fingerprint density at radius 3 is 2.57 bits per heavy atom. The van der Waals surface area contributed by atoms with Crippen LogP contribution in [-0.4, -0.2) is 51.4 Å². The van der Waals surface area contributed by atoms with Crippen molar-refractivity contribution in [3.05, 3.63) is 72.6 Å². The Bertz CT molecular complexity index is 1160. The van der Waals surface area contributed by atoms with Crippen molar-refractivity contribution >= 4 is 17.4 Å². The van der Waals surface area contributed by atoms with Crippen LogP contribution >= 0.6 is 0 Å². The van der Waals surface area contributed by atoms with Gasteiger partial charge in [0, 0.05) is 44.1 Å². The molecule has 0 atom stereocenters. The summed E-state index contributed by atoms with van der Waals surface area (Å²) in [5, 5.41) is 0. The molecular formula is C23H23N5O2. The van der Waals surface area contributed by atoms with Crippen molar-refractivity contribution in [2.24, 2.45) is 0 Å². The van der Waals surface area contributed by atoms with E-state index in [1.807, 2.05) is 17.3 Å². The number of carbonyl (C=O) groups excluding carboxylic acids is 1. The van der Waals surface area contributed by atoms with Crippen LogP contribution in [0, 0.1) is 0 Å². The van der Waals surface area contributed by atoms with E-state index in [4.69, 9.17) is 9.40 Å². The molecule has 1 saturated heterocycles. The van der Waals surface area contributed by atoms with Crippen molar-refractivity contribution in [2.75, 3.05) is 31.1 Å². The first-order valence-electron chi connectivity index (χ1n) is 10.2. The molecule has 0 unspecified atom stereocenters. The summed E-state index contributed by atoms with van der Waals surface area (Å²) in [4.78, 5) is 25.9. The smallest absolute Gasteiger partial charge is 0.289 e. The Labute approximate surface area is 174 Å². The second-order valence-corrected chi connectivity index (χ2v) is 7.39. The molecule has 0 N–H and O–H groups in total. The Hall–Kier alpha value is -3.61. The first kappa shape index (κ1) is 18.4. The second kappa shape index (κ2) is 7.67. The zero-order valence-electron chi connectivity index (χ0n) is 16.9. The average Bonchev–Trinajstić information content (AvgIpc) is 3.51. The summed E-state index contributed by atoms with van der Waals surface area (Å²) < 4.78 is 7.33. The number of imidazole rings is 1. The van der Waals surface area contributed by atoms with E-state index in [2.05, 4.69) is 45.5 Å². The summed E-state index contributed by atoms with van der Waals surface area (Å²) in [6, 6.07) is 12.0. The normalized spacial score (nSPS) is 14.4. The van der Waals surface area contributed by atoms with Gasteiger partial charge in [0.25, 0.3) is 5.91 Å². The maximum Gasteiger partial charge on any atom is 0.289 e. The average molecular weight is 401 g/mol. The summed E-state index contributed by atoms with van der Waals surface area (Å²) in [5.74, 6) is 1.17. The number of aromatic nitrogens is 3. The van der Waals surface area contributed by atoms with E-state index in [0.717, 1.165) is 29.1 Å². The van der Waals surface area contributed by atoms with Crippen LogP contribution in [-0.2, 0) is 6.42 Å². The molecule has 1 aromatic carbocycles. The zero-order valence-corrected chi connectivity index (χ0v) is 16.9. The van der Waals surface area contributed by atoms with E-state index in [-0.39, 0.29) is 5.91 Å². The fraction of sp³-hybridized carbons (Fsp3) is 0.261. The number of carbonyl (C=O) groups is 1. The maximum absolute atomic E-state index is 12.5. The van der Waals surface area contributed by atoms with Gasteiger partial charge in [0.15, 0.2) is 17.2 Å². The number of hydrogen-bond acceptors (Lipinski definition) is 5. The molecule has 5 rings (SSSR count). The predicted molar refractivity (Wildman–Crippen MR) is 115 cm³/mol. The van der Waals surface area contributed by atoms with Crippen molar-refractivity contribution in [2.45, 2.75) is 13.3 Å². The van der Waals surface area contributed by atoms with Gasteiger partial charge in [-0.05, 0) is 24.1 Å². The Balaban J connectivity index is 1.38. The van der Waals surface area contributed by atoms with Crippen LogP contribution in [0.2, 0.25) is 0 Å². The summed E-state index contributed by atoms with van der Waals surface area (Å²) in [6.07, 6.45) is 8.23. The Kier molecular flexibility index (Phi) is 4.71. The third-order valence-corrected chi connectivity index (χ3v) is 5.67. The van der Waals surface area contributed by atoms with E-state index in [9.17, 15) is 4.79 Å². The number of rotatable bonds is 4. The number of amides is 1. The number of piperazine rings is 1. The third-order valence-electron chi connectivity index (χ3n) is 5.67. The summed E-state index contributed by atoms with van der Waals surface area (Å²) in [5.41, 5.74) is 4.27. The number of fused-ring (bicyclic) bond motifs is 1. The molecule has 7 heteroatoms. The predicted octanol–water partition coefficient (Wildman–Crippen LogP) is 3.51. The lowest BCUT2D eigenvalue weighted by atomic mass is 10.1. The molecule has 4 aromatic rings. The molecule has 0 spiro atoms. The van der Waals surface area contributed by atoms with Crippen molar-refractivity contribution in [3.8, 4) is 11.3 Å². The maximum atomic E-state index is 12.5. The van der Waals surface area contributed by atoms with Crippen molar-refractivity contribution in [1.82, 2.24) is 19.3 Å². The highest BCUT2D eigenvalue weighted by Gasteiger charge is 2.26.